The van der Waals surface area contributed by atoms with Crippen molar-refractivity contribution in [1.29, 1.82) is 0 Å². The Hall–Kier alpha value is -2.63. The number of unbranched alkanes of at least 4 members (excludes halogenated alkanes) is 17. The molecule has 0 amide bonds. The van der Waals surface area contributed by atoms with Gasteiger partial charge in [0, 0.05) is 19.3 Å². The van der Waals surface area contributed by atoms with Crippen molar-refractivity contribution >= 4 is 17.9 Å². The van der Waals surface area contributed by atoms with Crippen LogP contribution in [0.2, 0.25) is 0 Å². The summed E-state index contributed by atoms with van der Waals surface area (Å²) in [5.74, 6) is -0.993. The summed E-state index contributed by atoms with van der Waals surface area (Å²) in [6, 6.07) is 0. The van der Waals surface area contributed by atoms with Crippen LogP contribution in [0.25, 0.3) is 0 Å². The van der Waals surface area contributed by atoms with Crippen molar-refractivity contribution in [3.8, 4) is 0 Å². The molecule has 1 atom stereocenters. The van der Waals surface area contributed by atoms with Gasteiger partial charge in [-0.1, -0.05) is 179 Å². The summed E-state index contributed by atoms with van der Waals surface area (Å²) < 4.78 is 16.5. The average Bonchev–Trinajstić information content (AvgIpc) is 3.11. The standard InChI is InChI=1S/C44H76O6/c1-4-7-10-13-16-18-20-22-24-26-28-31-34-37-43(46)49-40-41(39-48-42(45)36-33-30-15-12-9-6-3)50-44(47)38-35-32-29-27-25-23-21-19-17-14-11-8-5-2/h7,10,16,18,22,24,28,31,41H,4-6,8-9,11-15,17,19-21,23,25-27,29-30,32-40H2,1-3H3/b10-7-,18-16-,24-22-,31-28-. The molecule has 0 fully saturated rings. The molecule has 0 aliphatic rings. The molecule has 0 bridgehead atoms. The lowest BCUT2D eigenvalue weighted by molar-refractivity contribution is -0.166. The highest BCUT2D eigenvalue weighted by molar-refractivity contribution is 5.71. The fourth-order valence-electron chi connectivity index (χ4n) is 5.51. The van der Waals surface area contributed by atoms with Gasteiger partial charge < -0.3 is 14.2 Å². The lowest BCUT2D eigenvalue weighted by Gasteiger charge is -2.18. The first kappa shape index (κ1) is 47.4. The van der Waals surface area contributed by atoms with Crippen molar-refractivity contribution in [2.24, 2.45) is 0 Å². The molecule has 1 unspecified atom stereocenters. The molecular formula is C44H76O6. The van der Waals surface area contributed by atoms with Gasteiger partial charge in [0.15, 0.2) is 6.10 Å². The maximum absolute atomic E-state index is 12.6. The van der Waals surface area contributed by atoms with Crippen LogP contribution in [0.4, 0.5) is 0 Å². The van der Waals surface area contributed by atoms with Crippen molar-refractivity contribution in [3.63, 3.8) is 0 Å². The van der Waals surface area contributed by atoms with E-state index in [0.717, 1.165) is 64.2 Å². The van der Waals surface area contributed by atoms with E-state index in [1.54, 1.807) is 0 Å². The summed E-state index contributed by atoms with van der Waals surface area (Å²) in [5, 5.41) is 0. The van der Waals surface area contributed by atoms with Gasteiger partial charge in [-0.25, -0.2) is 0 Å². The molecule has 6 heteroatoms. The molecule has 0 spiro atoms. The van der Waals surface area contributed by atoms with E-state index in [1.807, 2.05) is 12.2 Å². The molecule has 0 aromatic carbocycles. The summed E-state index contributed by atoms with van der Waals surface area (Å²) in [5.41, 5.74) is 0. The van der Waals surface area contributed by atoms with Gasteiger partial charge in [-0.15, -0.1) is 0 Å². The number of allylic oxidation sites excluding steroid dienone is 8. The minimum absolute atomic E-state index is 0.0941. The topological polar surface area (TPSA) is 78.9 Å². The van der Waals surface area contributed by atoms with Crippen LogP contribution < -0.4 is 0 Å². The van der Waals surface area contributed by atoms with Crippen molar-refractivity contribution in [2.45, 2.75) is 200 Å². The summed E-state index contributed by atoms with van der Waals surface area (Å²) in [4.78, 5) is 37.4. The highest BCUT2D eigenvalue weighted by Gasteiger charge is 2.19. The van der Waals surface area contributed by atoms with E-state index in [-0.39, 0.29) is 37.5 Å². The Morgan fingerprint density at radius 1 is 0.420 bits per heavy atom. The molecule has 50 heavy (non-hydrogen) atoms. The zero-order valence-corrected chi connectivity index (χ0v) is 32.7. The van der Waals surface area contributed by atoms with Crippen LogP contribution in [0.15, 0.2) is 48.6 Å². The van der Waals surface area contributed by atoms with E-state index in [0.29, 0.717) is 19.3 Å². The van der Waals surface area contributed by atoms with Crippen molar-refractivity contribution in [3.05, 3.63) is 48.6 Å². The monoisotopic (exact) mass is 701 g/mol. The number of hydrogen-bond donors (Lipinski definition) is 0. The number of hydrogen-bond acceptors (Lipinski definition) is 6. The van der Waals surface area contributed by atoms with E-state index in [4.69, 9.17) is 14.2 Å². The minimum Gasteiger partial charge on any atom is -0.462 e. The lowest BCUT2D eigenvalue weighted by Crippen LogP contribution is -2.30. The van der Waals surface area contributed by atoms with Gasteiger partial charge >= 0.3 is 17.9 Å². The Bertz CT molecular complexity index is 902. The molecule has 0 aliphatic heterocycles. The van der Waals surface area contributed by atoms with Crippen LogP contribution in [0.3, 0.4) is 0 Å². The third kappa shape index (κ3) is 36.6. The van der Waals surface area contributed by atoms with Crippen LogP contribution >= 0.6 is 0 Å². The minimum atomic E-state index is -0.792. The van der Waals surface area contributed by atoms with Gasteiger partial charge in [-0.05, 0) is 44.9 Å². The second kappa shape index (κ2) is 39.2. The Labute approximate surface area is 307 Å². The zero-order valence-electron chi connectivity index (χ0n) is 32.7. The SMILES string of the molecule is CC/C=C\C/C=C\C/C=C\C/C=C\CCC(=O)OCC(COC(=O)CCCCCCCC)OC(=O)CCCCCCCCCCCCCCC. The number of esters is 3. The van der Waals surface area contributed by atoms with Gasteiger partial charge in [0.1, 0.15) is 13.2 Å². The quantitative estimate of drug-likeness (QED) is 0.0280. The maximum Gasteiger partial charge on any atom is 0.306 e. The van der Waals surface area contributed by atoms with Crippen LogP contribution in [0.1, 0.15) is 194 Å². The lowest BCUT2D eigenvalue weighted by atomic mass is 10.0. The fraction of sp³-hybridized carbons (Fsp3) is 0.750. The molecule has 0 aromatic rings. The van der Waals surface area contributed by atoms with E-state index < -0.39 is 6.10 Å². The van der Waals surface area contributed by atoms with E-state index in [1.165, 1.54) is 83.5 Å². The molecule has 0 aliphatic carbocycles. The smallest absolute Gasteiger partial charge is 0.306 e. The number of carbonyl (C=O) groups is 3. The Morgan fingerprint density at radius 3 is 1.22 bits per heavy atom. The number of ether oxygens (including phenoxy) is 3. The van der Waals surface area contributed by atoms with Gasteiger partial charge in [-0.2, -0.15) is 0 Å². The van der Waals surface area contributed by atoms with E-state index in [2.05, 4.69) is 57.2 Å². The van der Waals surface area contributed by atoms with Crippen LogP contribution in [0.5, 0.6) is 0 Å². The third-order valence-electron chi connectivity index (χ3n) is 8.61. The largest absolute Gasteiger partial charge is 0.462 e. The van der Waals surface area contributed by atoms with Gasteiger partial charge in [-0.3, -0.25) is 14.4 Å². The predicted molar refractivity (Wildman–Crippen MR) is 210 cm³/mol. The second-order valence-corrected chi connectivity index (χ2v) is 13.5. The normalized spacial score (nSPS) is 12.5. The molecule has 288 valence electrons. The highest BCUT2D eigenvalue weighted by atomic mass is 16.6. The Kier molecular flexibility index (Phi) is 37.1. The van der Waals surface area contributed by atoms with Crippen LogP contribution in [0, 0.1) is 0 Å². The Morgan fingerprint density at radius 2 is 0.780 bits per heavy atom. The molecule has 6 nitrogen and oxygen atoms in total. The van der Waals surface area contributed by atoms with Gasteiger partial charge in [0.25, 0.3) is 0 Å². The third-order valence-corrected chi connectivity index (χ3v) is 8.61. The van der Waals surface area contributed by atoms with Crippen molar-refractivity contribution in [1.82, 2.24) is 0 Å². The first-order valence-corrected chi connectivity index (χ1v) is 20.6. The van der Waals surface area contributed by atoms with E-state index >= 15 is 0 Å². The van der Waals surface area contributed by atoms with Crippen LogP contribution in [-0.2, 0) is 28.6 Å². The van der Waals surface area contributed by atoms with E-state index in [9.17, 15) is 14.4 Å². The molecule has 0 saturated heterocycles. The summed E-state index contributed by atoms with van der Waals surface area (Å²) >= 11 is 0. The Balaban J connectivity index is 4.41. The summed E-state index contributed by atoms with van der Waals surface area (Å²) in [6.45, 7) is 6.37. The summed E-state index contributed by atoms with van der Waals surface area (Å²) in [7, 11) is 0. The van der Waals surface area contributed by atoms with Gasteiger partial charge in [0.05, 0.1) is 0 Å². The predicted octanol–water partition coefficient (Wildman–Crippen LogP) is 12.8. The van der Waals surface area contributed by atoms with Crippen LogP contribution in [-0.4, -0.2) is 37.2 Å². The second-order valence-electron chi connectivity index (χ2n) is 13.5. The number of rotatable bonds is 36. The number of carbonyl (C=O) groups excluding carboxylic acids is 3. The average molecular weight is 701 g/mol. The first-order chi connectivity index (χ1) is 24.5. The molecule has 0 rings (SSSR count). The highest BCUT2D eigenvalue weighted by Crippen LogP contribution is 2.14. The zero-order chi connectivity index (χ0) is 36.6. The molecule has 0 heterocycles. The molecule has 0 radical (unpaired) electrons. The van der Waals surface area contributed by atoms with Crippen molar-refractivity contribution in [2.75, 3.05) is 13.2 Å². The van der Waals surface area contributed by atoms with Crippen molar-refractivity contribution < 1.29 is 28.6 Å². The van der Waals surface area contributed by atoms with Gasteiger partial charge in [0.2, 0.25) is 0 Å². The first-order valence-electron chi connectivity index (χ1n) is 20.6. The molecule has 0 N–H and O–H groups in total. The maximum atomic E-state index is 12.6. The molecular weight excluding hydrogens is 624 g/mol. The molecule has 0 aromatic heterocycles. The fourth-order valence-corrected chi connectivity index (χ4v) is 5.51. The summed E-state index contributed by atoms with van der Waals surface area (Å²) in [6.07, 6.45) is 44.1. The molecule has 0 saturated carbocycles.